The summed E-state index contributed by atoms with van der Waals surface area (Å²) in [4.78, 5) is 2.39. The molecule has 1 saturated heterocycles. The van der Waals surface area contributed by atoms with Gasteiger partial charge in [-0.3, -0.25) is 10.9 Å². The minimum atomic E-state index is 1.02. The van der Waals surface area contributed by atoms with Crippen LogP contribution >= 0.6 is 0 Å². The molecule has 102 valence electrons. The number of hydrazine groups is 1. The molecule has 3 nitrogen and oxygen atoms in total. The van der Waals surface area contributed by atoms with Crippen molar-refractivity contribution in [1.29, 1.82) is 0 Å². The average molecular weight is 249 g/mol. The molecule has 0 spiro atoms. The van der Waals surface area contributed by atoms with Crippen LogP contribution in [-0.2, 0) is 0 Å². The molecule has 18 heavy (non-hydrogen) atoms. The molecule has 0 radical (unpaired) electrons. The summed E-state index contributed by atoms with van der Waals surface area (Å²) in [5, 5.41) is 0. The number of nitrogens with zero attached hydrogens (tertiary/aromatic N) is 1. The highest BCUT2D eigenvalue weighted by atomic mass is 15.3. The first-order valence-corrected chi connectivity index (χ1v) is 7.07. The number of hydrogen-bond donors (Lipinski definition) is 2. The molecule has 0 aromatic rings. The van der Waals surface area contributed by atoms with Crippen molar-refractivity contribution in [3.05, 3.63) is 36.6 Å². The third kappa shape index (κ3) is 6.62. The van der Waals surface area contributed by atoms with Gasteiger partial charge in [-0.1, -0.05) is 31.7 Å². The van der Waals surface area contributed by atoms with Crippen LogP contribution in [0.4, 0.5) is 0 Å². The van der Waals surface area contributed by atoms with Crippen LogP contribution in [0.15, 0.2) is 36.6 Å². The van der Waals surface area contributed by atoms with Crippen molar-refractivity contribution >= 4 is 0 Å². The van der Waals surface area contributed by atoms with Gasteiger partial charge in [-0.15, -0.1) is 0 Å². The Bertz CT molecular complexity index is 271. The van der Waals surface area contributed by atoms with Gasteiger partial charge in [-0.25, -0.2) is 0 Å². The molecular formula is C15H27N3. The van der Waals surface area contributed by atoms with Crippen molar-refractivity contribution in [2.24, 2.45) is 0 Å². The van der Waals surface area contributed by atoms with E-state index >= 15 is 0 Å². The smallest absolute Gasteiger partial charge is 0.0293 e. The molecule has 0 saturated carbocycles. The fraction of sp³-hybridized carbons (Fsp3) is 0.600. The highest BCUT2D eigenvalue weighted by molar-refractivity contribution is 5.18. The minimum Gasteiger partial charge on any atom is -0.372 e. The summed E-state index contributed by atoms with van der Waals surface area (Å²) in [5.74, 6) is 0. The van der Waals surface area contributed by atoms with E-state index in [9.17, 15) is 0 Å². The van der Waals surface area contributed by atoms with Gasteiger partial charge in [0.25, 0.3) is 0 Å². The van der Waals surface area contributed by atoms with Crippen molar-refractivity contribution in [1.82, 2.24) is 15.8 Å². The molecule has 2 N–H and O–H groups in total. The Balaban J connectivity index is 2.41. The third-order valence-electron chi connectivity index (χ3n) is 3.01. The maximum Gasteiger partial charge on any atom is 0.0293 e. The van der Waals surface area contributed by atoms with Crippen LogP contribution in [0.25, 0.3) is 0 Å². The zero-order valence-corrected chi connectivity index (χ0v) is 11.6. The lowest BCUT2D eigenvalue weighted by Crippen LogP contribution is -2.37. The minimum absolute atomic E-state index is 1.02. The van der Waals surface area contributed by atoms with Crippen molar-refractivity contribution < 1.29 is 0 Å². The van der Waals surface area contributed by atoms with Crippen molar-refractivity contribution in [3.63, 3.8) is 0 Å². The Morgan fingerprint density at radius 1 is 1.11 bits per heavy atom. The monoisotopic (exact) mass is 249 g/mol. The van der Waals surface area contributed by atoms with E-state index in [0.29, 0.717) is 0 Å². The standard InChI is InChI=1S/C15H27N3/c1-3-4-5-6-10-15(2)18-13-8-7-11-16-17-12-9-14-18/h4-6,10,16-17H,2-3,7-9,11-14H2,1H3/b5-4?,10-6+. The van der Waals surface area contributed by atoms with Crippen LogP contribution in [0.5, 0.6) is 0 Å². The summed E-state index contributed by atoms with van der Waals surface area (Å²) in [5.41, 5.74) is 7.60. The fourth-order valence-electron chi connectivity index (χ4n) is 1.94. The highest BCUT2D eigenvalue weighted by Gasteiger charge is 2.06. The van der Waals surface area contributed by atoms with Gasteiger partial charge in [0.1, 0.15) is 0 Å². The van der Waals surface area contributed by atoms with Crippen LogP contribution in [0.1, 0.15) is 32.6 Å². The summed E-state index contributed by atoms with van der Waals surface area (Å²) in [6.45, 7) is 10.6. The average Bonchev–Trinajstić information content (AvgIpc) is 2.40. The summed E-state index contributed by atoms with van der Waals surface area (Å²) in [6.07, 6.45) is 13.1. The fourth-order valence-corrected chi connectivity index (χ4v) is 1.94. The Labute approximate surface area is 112 Å². The number of allylic oxidation sites excluding steroid dienone is 4. The molecule has 0 aliphatic carbocycles. The molecule has 0 aromatic heterocycles. The van der Waals surface area contributed by atoms with E-state index < -0.39 is 0 Å². The topological polar surface area (TPSA) is 27.3 Å². The lowest BCUT2D eigenvalue weighted by molar-refractivity contribution is 0.320. The first kappa shape index (κ1) is 15.0. The normalized spacial score (nSPS) is 19.5. The molecule has 1 rings (SSSR count). The van der Waals surface area contributed by atoms with Crippen LogP contribution in [0, 0.1) is 0 Å². The van der Waals surface area contributed by atoms with Gasteiger partial charge >= 0.3 is 0 Å². The summed E-state index contributed by atoms with van der Waals surface area (Å²) in [7, 11) is 0. The van der Waals surface area contributed by atoms with Gasteiger partial charge in [-0.2, -0.15) is 0 Å². The Hall–Kier alpha value is -1.06. The van der Waals surface area contributed by atoms with Gasteiger partial charge in [0.15, 0.2) is 0 Å². The first-order chi connectivity index (χ1) is 8.84. The molecule has 1 fully saturated rings. The summed E-state index contributed by atoms with van der Waals surface area (Å²) in [6, 6.07) is 0. The molecule has 1 aliphatic heterocycles. The molecule has 0 aromatic carbocycles. The summed E-state index contributed by atoms with van der Waals surface area (Å²) < 4.78 is 0. The number of hydrogen-bond acceptors (Lipinski definition) is 3. The van der Waals surface area contributed by atoms with E-state index in [1.807, 2.05) is 0 Å². The molecule has 0 unspecified atom stereocenters. The predicted octanol–water partition coefficient (Wildman–Crippen LogP) is 2.60. The molecule has 0 bridgehead atoms. The Morgan fingerprint density at radius 3 is 2.61 bits per heavy atom. The van der Waals surface area contributed by atoms with Gasteiger partial charge in [0, 0.05) is 31.9 Å². The largest absolute Gasteiger partial charge is 0.372 e. The highest BCUT2D eigenvalue weighted by Crippen LogP contribution is 2.07. The van der Waals surface area contributed by atoms with Crippen molar-refractivity contribution in [2.75, 3.05) is 26.2 Å². The Kier molecular flexibility index (Phi) is 8.26. The van der Waals surface area contributed by atoms with Crippen molar-refractivity contribution in [2.45, 2.75) is 32.6 Å². The van der Waals surface area contributed by atoms with E-state index in [1.54, 1.807) is 0 Å². The second-order valence-electron chi connectivity index (χ2n) is 4.59. The lowest BCUT2D eigenvalue weighted by Gasteiger charge is -2.26. The maximum absolute atomic E-state index is 4.17. The van der Waals surface area contributed by atoms with Gasteiger partial charge in [-0.05, 0) is 31.8 Å². The summed E-state index contributed by atoms with van der Waals surface area (Å²) >= 11 is 0. The van der Waals surface area contributed by atoms with Gasteiger partial charge < -0.3 is 4.90 Å². The Morgan fingerprint density at radius 2 is 1.83 bits per heavy atom. The number of nitrogens with one attached hydrogen (secondary N) is 2. The number of rotatable bonds is 4. The second kappa shape index (κ2) is 9.92. The molecule has 1 heterocycles. The van der Waals surface area contributed by atoms with E-state index in [0.717, 1.165) is 44.7 Å². The zero-order chi connectivity index (χ0) is 13.1. The van der Waals surface area contributed by atoms with E-state index in [4.69, 9.17) is 0 Å². The van der Waals surface area contributed by atoms with Gasteiger partial charge in [0.2, 0.25) is 0 Å². The molecular weight excluding hydrogens is 222 g/mol. The molecule has 0 atom stereocenters. The maximum atomic E-state index is 4.17. The molecule has 3 heteroatoms. The van der Waals surface area contributed by atoms with Crippen molar-refractivity contribution in [3.8, 4) is 0 Å². The SMILES string of the molecule is C=C(/C=C/C=CCC)N1CCCCNNCCC1. The van der Waals surface area contributed by atoms with E-state index in [-0.39, 0.29) is 0 Å². The zero-order valence-electron chi connectivity index (χ0n) is 11.6. The predicted molar refractivity (Wildman–Crippen MR) is 79.1 cm³/mol. The van der Waals surface area contributed by atoms with E-state index in [1.165, 1.54) is 12.8 Å². The molecule has 1 aliphatic rings. The van der Waals surface area contributed by atoms with Crippen LogP contribution < -0.4 is 10.9 Å². The second-order valence-corrected chi connectivity index (χ2v) is 4.59. The van der Waals surface area contributed by atoms with E-state index in [2.05, 4.69) is 53.6 Å². The van der Waals surface area contributed by atoms with Crippen LogP contribution in [0.3, 0.4) is 0 Å². The first-order valence-electron chi connectivity index (χ1n) is 7.07. The van der Waals surface area contributed by atoms with Crippen LogP contribution in [-0.4, -0.2) is 31.1 Å². The van der Waals surface area contributed by atoms with Gasteiger partial charge in [0.05, 0.1) is 0 Å². The lowest BCUT2D eigenvalue weighted by atomic mass is 10.2. The molecule has 0 amide bonds. The van der Waals surface area contributed by atoms with Crippen LogP contribution in [0.2, 0.25) is 0 Å². The quantitative estimate of drug-likeness (QED) is 0.750. The third-order valence-corrected chi connectivity index (χ3v) is 3.01.